The van der Waals surface area contributed by atoms with Crippen LogP contribution in [0.2, 0.25) is 0 Å². The summed E-state index contributed by atoms with van der Waals surface area (Å²) in [6.07, 6.45) is 0. The zero-order valence-electron chi connectivity index (χ0n) is 10.2. The van der Waals surface area contributed by atoms with Crippen LogP contribution in [0, 0.1) is 22.7 Å². The minimum absolute atomic E-state index is 0.0161. The van der Waals surface area contributed by atoms with Crippen molar-refractivity contribution in [3.63, 3.8) is 0 Å². The van der Waals surface area contributed by atoms with Crippen molar-refractivity contribution in [1.29, 1.82) is 10.5 Å². The van der Waals surface area contributed by atoms with Crippen molar-refractivity contribution in [2.24, 2.45) is 0 Å². The van der Waals surface area contributed by atoms with Crippen molar-refractivity contribution >= 4 is 0 Å². The third-order valence-corrected chi connectivity index (χ3v) is 3.07. The van der Waals surface area contributed by atoms with E-state index in [4.69, 9.17) is 10.5 Å². The minimum Gasteiger partial charge on any atom is -0.395 e. The van der Waals surface area contributed by atoms with Crippen molar-refractivity contribution in [2.45, 2.75) is 5.92 Å². The maximum absolute atomic E-state index is 9.56. The smallest absolute Gasteiger partial charge is 0.0991 e. The molecule has 0 radical (unpaired) electrons. The highest BCUT2D eigenvalue weighted by Crippen LogP contribution is 2.24. The van der Waals surface area contributed by atoms with Crippen molar-refractivity contribution in [3.05, 3.63) is 70.8 Å². The summed E-state index contributed by atoms with van der Waals surface area (Å²) < 4.78 is 0. The van der Waals surface area contributed by atoms with Crippen LogP contribution < -0.4 is 0 Å². The summed E-state index contributed by atoms with van der Waals surface area (Å²) >= 11 is 0. The highest BCUT2D eigenvalue weighted by molar-refractivity contribution is 5.40. The van der Waals surface area contributed by atoms with E-state index >= 15 is 0 Å². The fourth-order valence-corrected chi connectivity index (χ4v) is 1.98. The monoisotopic (exact) mass is 248 g/mol. The fourth-order valence-electron chi connectivity index (χ4n) is 1.98. The molecule has 2 aromatic carbocycles. The van der Waals surface area contributed by atoms with Crippen LogP contribution in [0.5, 0.6) is 0 Å². The molecule has 0 spiro atoms. The van der Waals surface area contributed by atoms with E-state index < -0.39 is 0 Å². The van der Waals surface area contributed by atoms with Gasteiger partial charge in [0.1, 0.15) is 0 Å². The van der Waals surface area contributed by atoms with Crippen LogP contribution in [0.15, 0.2) is 48.5 Å². The standard InChI is InChI=1S/C16H12N2O/c17-9-12-1-5-14(6-2-12)16(11-19)15-7-3-13(10-18)4-8-15/h1-8,16,19H,11H2. The molecule has 0 fully saturated rings. The number of aliphatic hydroxyl groups is 1. The average molecular weight is 248 g/mol. The summed E-state index contributed by atoms with van der Waals surface area (Å²) in [7, 11) is 0. The molecule has 0 atom stereocenters. The Labute approximate surface area is 112 Å². The maximum Gasteiger partial charge on any atom is 0.0991 e. The number of aliphatic hydroxyl groups excluding tert-OH is 1. The lowest BCUT2D eigenvalue weighted by molar-refractivity contribution is 0.280. The largest absolute Gasteiger partial charge is 0.395 e. The van der Waals surface area contributed by atoms with E-state index in [1.807, 2.05) is 24.3 Å². The highest BCUT2D eigenvalue weighted by atomic mass is 16.3. The van der Waals surface area contributed by atoms with E-state index in [9.17, 15) is 5.11 Å². The summed E-state index contributed by atoms with van der Waals surface area (Å²) in [6.45, 7) is -0.0161. The van der Waals surface area contributed by atoms with Gasteiger partial charge < -0.3 is 5.11 Å². The molecule has 0 unspecified atom stereocenters. The molecular weight excluding hydrogens is 236 g/mol. The molecule has 0 aliphatic heterocycles. The van der Waals surface area contributed by atoms with E-state index in [0.717, 1.165) is 11.1 Å². The Hall–Kier alpha value is -2.62. The zero-order valence-corrected chi connectivity index (χ0v) is 10.2. The molecule has 92 valence electrons. The van der Waals surface area contributed by atoms with Crippen molar-refractivity contribution in [2.75, 3.05) is 6.61 Å². The molecule has 0 aliphatic carbocycles. The predicted octanol–water partition coefficient (Wildman–Crippen LogP) is 2.55. The molecule has 3 nitrogen and oxygen atoms in total. The third-order valence-electron chi connectivity index (χ3n) is 3.07. The molecule has 3 heteroatoms. The van der Waals surface area contributed by atoms with Crippen LogP contribution >= 0.6 is 0 Å². The van der Waals surface area contributed by atoms with E-state index in [0.29, 0.717) is 11.1 Å². The number of benzene rings is 2. The highest BCUT2D eigenvalue weighted by Gasteiger charge is 2.13. The number of nitriles is 2. The van der Waals surface area contributed by atoms with Gasteiger partial charge in [-0.1, -0.05) is 24.3 Å². The van der Waals surface area contributed by atoms with Crippen molar-refractivity contribution in [1.82, 2.24) is 0 Å². The first-order chi connectivity index (χ1) is 9.28. The first-order valence-electron chi connectivity index (χ1n) is 5.89. The molecule has 2 rings (SSSR count). The Morgan fingerprint density at radius 1 is 0.789 bits per heavy atom. The molecule has 2 aromatic rings. The predicted molar refractivity (Wildman–Crippen MR) is 71.2 cm³/mol. The summed E-state index contributed by atoms with van der Waals surface area (Å²) in [6, 6.07) is 18.5. The minimum atomic E-state index is -0.138. The van der Waals surface area contributed by atoms with Gasteiger partial charge in [-0.25, -0.2) is 0 Å². The van der Waals surface area contributed by atoms with Gasteiger partial charge in [-0.2, -0.15) is 10.5 Å². The second kappa shape index (κ2) is 5.82. The van der Waals surface area contributed by atoms with Gasteiger partial charge in [0.05, 0.1) is 29.9 Å². The van der Waals surface area contributed by atoms with Gasteiger partial charge in [0.25, 0.3) is 0 Å². The average Bonchev–Trinajstić information content (AvgIpc) is 2.49. The van der Waals surface area contributed by atoms with Gasteiger partial charge in [-0.05, 0) is 35.4 Å². The van der Waals surface area contributed by atoms with Gasteiger partial charge >= 0.3 is 0 Å². The van der Waals surface area contributed by atoms with Crippen LogP contribution in [0.25, 0.3) is 0 Å². The number of hydrogen-bond donors (Lipinski definition) is 1. The van der Waals surface area contributed by atoms with Crippen LogP contribution in [0.4, 0.5) is 0 Å². The Morgan fingerprint density at radius 2 is 1.16 bits per heavy atom. The lowest BCUT2D eigenvalue weighted by atomic mass is 9.91. The SMILES string of the molecule is N#Cc1ccc(C(CO)c2ccc(C#N)cc2)cc1. The molecule has 1 N–H and O–H groups in total. The molecule has 0 bridgehead atoms. The summed E-state index contributed by atoms with van der Waals surface area (Å²) in [5.41, 5.74) is 3.10. The molecule has 0 aromatic heterocycles. The Balaban J connectivity index is 2.33. The second-order valence-corrected chi connectivity index (χ2v) is 4.20. The van der Waals surface area contributed by atoms with Gasteiger partial charge in [0, 0.05) is 5.92 Å². The van der Waals surface area contributed by atoms with Crippen LogP contribution in [-0.2, 0) is 0 Å². The van der Waals surface area contributed by atoms with Gasteiger partial charge in [0.15, 0.2) is 0 Å². The number of rotatable bonds is 3. The molecule has 19 heavy (non-hydrogen) atoms. The van der Waals surface area contributed by atoms with E-state index in [2.05, 4.69) is 12.1 Å². The van der Waals surface area contributed by atoms with Crippen molar-refractivity contribution in [3.8, 4) is 12.1 Å². The quantitative estimate of drug-likeness (QED) is 0.907. The van der Waals surface area contributed by atoms with E-state index in [1.165, 1.54) is 0 Å². The molecule has 0 aliphatic rings. The third kappa shape index (κ3) is 2.80. The van der Waals surface area contributed by atoms with Gasteiger partial charge in [-0.15, -0.1) is 0 Å². The Morgan fingerprint density at radius 3 is 1.42 bits per heavy atom. The first-order valence-corrected chi connectivity index (χ1v) is 5.89. The first kappa shape index (κ1) is 12.8. The second-order valence-electron chi connectivity index (χ2n) is 4.20. The Kier molecular flexibility index (Phi) is 3.93. The lowest BCUT2D eigenvalue weighted by Gasteiger charge is -2.15. The van der Waals surface area contributed by atoms with Crippen molar-refractivity contribution < 1.29 is 5.11 Å². The number of hydrogen-bond acceptors (Lipinski definition) is 3. The van der Waals surface area contributed by atoms with Crippen LogP contribution in [-0.4, -0.2) is 11.7 Å². The fraction of sp³-hybridized carbons (Fsp3) is 0.125. The summed E-state index contributed by atoms with van der Waals surface area (Å²) in [5, 5.41) is 27.1. The normalized spacial score (nSPS) is 9.89. The molecule has 0 saturated heterocycles. The number of nitrogens with zero attached hydrogens (tertiary/aromatic N) is 2. The molecule has 0 amide bonds. The van der Waals surface area contributed by atoms with Crippen LogP contribution in [0.3, 0.4) is 0 Å². The van der Waals surface area contributed by atoms with Gasteiger partial charge in [0.2, 0.25) is 0 Å². The van der Waals surface area contributed by atoms with E-state index in [1.54, 1.807) is 24.3 Å². The summed E-state index contributed by atoms with van der Waals surface area (Å²) in [5.74, 6) is -0.138. The van der Waals surface area contributed by atoms with E-state index in [-0.39, 0.29) is 12.5 Å². The van der Waals surface area contributed by atoms with Crippen LogP contribution in [0.1, 0.15) is 28.2 Å². The maximum atomic E-state index is 9.56. The molecule has 0 saturated carbocycles. The topological polar surface area (TPSA) is 67.8 Å². The zero-order chi connectivity index (χ0) is 13.7. The summed E-state index contributed by atoms with van der Waals surface area (Å²) in [4.78, 5) is 0. The molecule has 0 heterocycles. The lowest BCUT2D eigenvalue weighted by Crippen LogP contribution is -2.06. The Bertz CT molecular complexity index is 573. The molecular formula is C16H12N2O. The van der Waals surface area contributed by atoms with Gasteiger partial charge in [-0.3, -0.25) is 0 Å².